The second-order valence-corrected chi connectivity index (χ2v) is 6.76. The highest BCUT2D eigenvalue weighted by Crippen LogP contribution is 2.16. The van der Waals surface area contributed by atoms with E-state index in [9.17, 15) is 8.42 Å². The predicted octanol–water partition coefficient (Wildman–Crippen LogP) is 2.18. The van der Waals surface area contributed by atoms with Gasteiger partial charge >= 0.3 is 0 Å². The van der Waals surface area contributed by atoms with Crippen LogP contribution in [0.15, 0.2) is 23.1 Å². The van der Waals surface area contributed by atoms with E-state index in [2.05, 4.69) is 17.0 Å². The van der Waals surface area contributed by atoms with Crippen LogP contribution < -0.4 is 10.0 Å². The van der Waals surface area contributed by atoms with Crippen LogP contribution in [-0.4, -0.2) is 21.0 Å². The fraction of sp³-hybridized carbons (Fsp3) is 0.571. The number of sulfonamides is 1. The van der Waals surface area contributed by atoms with Crippen LogP contribution in [0.3, 0.4) is 0 Å². The van der Waals surface area contributed by atoms with Crippen molar-refractivity contribution in [1.82, 2.24) is 10.0 Å². The highest BCUT2D eigenvalue weighted by Gasteiger charge is 2.16. The molecule has 0 amide bonds. The minimum Gasteiger partial charge on any atom is -0.313 e. The highest BCUT2D eigenvalue weighted by molar-refractivity contribution is 7.89. The van der Waals surface area contributed by atoms with Crippen molar-refractivity contribution in [2.24, 2.45) is 0 Å². The Labute approximate surface area is 116 Å². The van der Waals surface area contributed by atoms with Gasteiger partial charge in [-0.05, 0) is 57.0 Å². The molecule has 19 heavy (non-hydrogen) atoms. The van der Waals surface area contributed by atoms with Crippen molar-refractivity contribution in [3.8, 4) is 0 Å². The molecule has 0 atom stereocenters. The number of aryl methyl sites for hydroxylation is 1. The first-order valence-electron chi connectivity index (χ1n) is 6.69. The molecule has 0 spiro atoms. The summed E-state index contributed by atoms with van der Waals surface area (Å²) in [5, 5.41) is 3.30. The zero-order valence-electron chi connectivity index (χ0n) is 12.2. The minimum absolute atomic E-state index is 0.104. The highest BCUT2D eigenvalue weighted by atomic mass is 32.2. The van der Waals surface area contributed by atoms with Gasteiger partial charge in [-0.25, -0.2) is 13.1 Å². The molecular formula is C14H24N2O2S. The van der Waals surface area contributed by atoms with Gasteiger partial charge in [-0.3, -0.25) is 0 Å². The number of nitrogens with one attached hydrogen (secondary N) is 2. The number of benzene rings is 1. The van der Waals surface area contributed by atoms with Gasteiger partial charge in [-0.2, -0.15) is 0 Å². The Hall–Kier alpha value is -0.910. The Morgan fingerprint density at radius 3 is 2.53 bits per heavy atom. The third-order valence-electron chi connectivity index (χ3n) is 2.76. The molecule has 0 aromatic heterocycles. The first-order valence-corrected chi connectivity index (χ1v) is 8.17. The van der Waals surface area contributed by atoms with E-state index in [1.54, 1.807) is 12.1 Å². The quantitative estimate of drug-likeness (QED) is 0.755. The Morgan fingerprint density at radius 1 is 1.26 bits per heavy atom. The predicted molar refractivity (Wildman–Crippen MR) is 78.6 cm³/mol. The second-order valence-electron chi connectivity index (χ2n) is 5.04. The third-order valence-corrected chi connectivity index (χ3v) is 4.42. The van der Waals surface area contributed by atoms with Crippen molar-refractivity contribution in [2.45, 2.75) is 51.6 Å². The lowest BCUT2D eigenvalue weighted by molar-refractivity contribution is 0.569. The summed E-state index contributed by atoms with van der Waals surface area (Å²) in [4.78, 5) is 0.333. The molecule has 0 aliphatic carbocycles. The Kier molecular flexibility index (Phi) is 5.97. The van der Waals surface area contributed by atoms with Crippen LogP contribution in [0.1, 0.15) is 38.3 Å². The molecule has 0 unspecified atom stereocenters. The largest absolute Gasteiger partial charge is 0.313 e. The van der Waals surface area contributed by atoms with Crippen molar-refractivity contribution in [2.75, 3.05) is 6.54 Å². The van der Waals surface area contributed by atoms with Crippen LogP contribution in [0.2, 0.25) is 0 Å². The van der Waals surface area contributed by atoms with Gasteiger partial charge in [-0.1, -0.05) is 13.0 Å². The molecule has 2 N–H and O–H groups in total. The van der Waals surface area contributed by atoms with E-state index in [0.717, 1.165) is 24.1 Å². The zero-order chi connectivity index (χ0) is 14.5. The summed E-state index contributed by atoms with van der Waals surface area (Å²) in [7, 11) is -3.41. The van der Waals surface area contributed by atoms with E-state index in [1.807, 2.05) is 26.8 Å². The Morgan fingerprint density at radius 2 is 1.95 bits per heavy atom. The molecule has 1 aromatic carbocycles. The second kappa shape index (κ2) is 7.03. The zero-order valence-corrected chi connectivity index (χ0v) is 13.0. The molecular weight excluding hydrogens is 260 g/mol. The third kappa shape index (κ3) is 4.93. The number of hydrogen-bond donors (Lipinski definition) is 2. The summed E-state index contributed by atoms with van der Waals surface area (Å²) in [6.07, 6.45) is 1.06. The van der Waals surface area contributed by atoms with Gasteiger partial charge in [0.25, 0.3) is 0 Å². The summed E-state index contributed by atoms with van der Waals surface area (Å²) < 4.78 is 26.8. The van der Waals surface area contributed by atoms with Crippen LogP contribution in [-0.2, 0) is 16.6 Å². The van der Waals surface area contributed by atoms with E-state index in [0.29, 0.717) is 11.4 Å². The Bertz CT molecular complexity index is 510. The van der Waals surface area contributed by atoms with Crippen molar-refractivity contribution >= 4 is 10.0 Å². The lowest BCUT2D eigenvalue weighted by Gasteiger charge is -2.12. The van der Waals surface area contributed by atoms with Gasteiger partial charge < -0.3 is 5.32 Å². The lowest BCUT2D eigenvalue weighted by atomic mass is 10.1. The number of hydrogen-bond acceptors (Lipinski definition) is 3. The maximum absolute atomic E-state index is 12.1. The van der Waals surface area contributed by atoms with Gasteiger partial charge in [0.2, 0.25) is 10.0 Å². The van der Waals surface area contributed by atoms with E-state index < -0.39 is 10.0 Å². The first kappa shape index (κ1) is 16.1. The smallest absolute Gasteiger partial charge is 0.240 e. The monoisotopic (exact) mass is 284 g/mol. The first-order chi connectivity index (χ1) is 8.86. The maximum Gasteiger partial charge on any atom is 0.240 e. The van der Waals surface area contributed by atoms with E-state index in [1.165, 1.54) is 0 Å². The average Bonchev–Trinajstić information content (AvgIpc) is 2.30. The molecule has 1 rings (SSSR count). The van der Waals surface area contributed by atoms with Gasteiger partial charge in [0.15, 0.2) is 0 Å². The van der Waals surface area contributed by atoms with E-state index in [4.69, 9.17) is 0 Å². The SMILES string of the molecule is CCCNCc1cc(S(=O)(=O)NC(C)C)ccc1C. The standard InChI is InChI=1S/C14H24N2O2S/c1-5-8-15-10-13-9-14(7-6-12(13)4)19(17,18)16-11(2)3/h6-7,9,11,15-16H,5,8,10H2,1-4H3. The summed E-state index contributed by atoms with van der Waals surface area (Å²) in [6, 6.07) is 5.16. The normalized spacial score (nSPS) is 12.1. The average molecular weight is 284 g/mol. The topological polar surface area (TPSA) is 58.2 Å². The fourth-order valence-corrected chi connectivity index (χ4v) is 3.08. The summed E-state index contributed by atoms with van der Waals surface area (Å²) in [5.41, 5.74) is 2.13. The molecule has 4 nitrogen and oxygen atoms in total. The molecule has 0 saturated heterocycles. The minimum atomic E-state index is -3.41. The molecule has 1 aromatic rings. The van der Waals surface area contributed by atoms with Crippen LogP contribution >= 0.6 is 0 Å². The van der Waals surface area contributed by atoms with Crippen molar-refractivity contribution in [3.05, 3.63) is 29.3 Å². The van der Waals surface area contributed by atoms with E-state index in [-0.39, 0.29) is 6.04 Å². The van der Waals surface area contributed by atoms with Crippen LogP contribution in [0.5, 0.6) is 0 Å². The molecule has 0 saturated carbocycles. The van der Waals surface area contributed by atoms with Gasteiger partial charge in [-0.15, -0.1) is 0 Å². The molecule has 5 heteroatoms. The van der Waals surface area contributed by atoms with Gasteiger partial charge in [0.05, 0.1) is 4.90 Å². The van der Waals surface area contributed by atoms with Crippen molar-refractivity contribution < 1.29 is 8.42 Å². The van der Waals surface area contributed by atoms with Crippen molar-refractivity contribution in [3.63, 3.8) is 0 Å². The van der Waals surface area contributed by atoms with Crippen LogP contribution in [0.25, 0.3) is 0 Å². The Balaban J connectivity index is 2.95. The van der Waals surface area contributed by atoms with E-state index >= 15 is 0 Å². The summed E-state index contributed by atoms with van der Waals surface area (Å²) in [6.45, 7) is 9.36. The lowest BCUT2D eigenvalue weighted by Crippen LogP contribution is -2.30. The summed E-state index contributed by atoms with van der Waals surface area (Å²) in [5.74, 6) is 0. The molecule has 108 valence electrons. The van der Waals surface area contributed by atoms with Crippen LogP contribution in [0.4, 0.5) is 0 Å². The molecule has 0 radical (unpaired) electrons. The molecule has 0 aliphatic rings. The van der Waals surface area contributed by atoms with Gasteiger partial charge in [0, 0.05) is 12.6 Å². The maximum atomic E-state index is 12.1. The molecule has 0 aliphatic heterocycles. The van der Waals surface area contributed by atoms with Crippen LogP contribution in [0, 0.1) is 6.92 Å². The molecule has 0 heterocycles. The van der Waals surface area contributed by atoms with Crippen molar-refractivity contribution in [1.29, 1.82) is 0 Å². The molecule has 0 bridgehead atoms. The number of rotatable bonds is 7. The van der Waals surface area contributed by atoms with Gasteiger partial charge in [0.1, 0.15) is 0 Å². The molecule has 0 fully saturated rings. The fourth-order valence-electron chi connectivity index (χ4n) is 1.78. The summed E-state index contributed by atoms with van der Waals surface area (Å²) >= 11 is 0.